The maximum atomic E-state index is 12.6. The third-order valence-corrected chi connectivity index (χ3v) is 4.33. The van der Waals surface area contributed by atoms with Gasteiger partial charge in [0.05, 0.1) is 21.3 Å². The summed E-state index contributed by atoms with van der Waals surface area (Å²) in [5, 5.41) is 2.84. The molecule has 0 saturated carbocycles. The van der Waals surface area contributed by atoms with Gasteiger partial charge in [-0.15, -0.1) is 0 Å². The Balaban J connectivity index is 1.68. The van der Waals surface area contributed by atoms with E-state index in [-0.39, 0.29) is 5.91 Å². The first-order valence-corrected chi connectivity index (χ1v) is 8.86. The van der Waals surface area contributed by atoms with E-state index in [1.165, 1.54) is 21.3 Å². The van der Waals surface area contributed by atoms with Gasteiger partial charge in [0.2, 0.25) is 5.75 Å². The average Bonchev–Trinajstić information content (AvgIpc) is 3.16. The van der Waals surface area contributed by atoms with Gasteiger partial charge in [0, 0.05) is 30.7 Å². The highest BCUT2D eigenvalue weighted by Crippen LogP contribution is 2.38. The van der Waals surface area contributed by atoms with Crippen molar-refractivity contribution in [2.45, 2.75) is 6.61 Å². The Kier molecular flexibility index (Phi) is 6.23. The Morgan fingerprint density at radius 1 is 1.03 bits per heavy atom. The molecular weight excluding hydrogens is 374 g/mol. The SMILES string of the molecule is COc1cc(C(=O)Nc2ccc(OCc3nccn3C)cc2)cc(OC)c1OC. The van der Waals surface area contributed by atoms with Crippen LogP contribution in [0.15, 0.2) is 48.8 Å². The third-order valence-electron chi connectivity index (χ3n) is 4.33. The van der Waals surface area contributed by atoms with Crippen LogP contribution >= 0.6 is 0 Å². The predicted octanol–water partition coefficient (Wildman–Crippen LogP) is 3.28. The summed E-state index contributed by atoms with van der Waals surface area (Å²) >= 11 is 0. The highest BCUT2D eigenvalue weighted by molar-refractivity contribution is 6.05. The molecule has 1 heterocycles. The van der Waals surface area contributed by atoms with E-state index in [2.05, 4.69) is 10.3 Å². The van der Waals surface area contributed by atoms with Crippen molar-refractivity contribution in [3.8, 4) is 23.0 Å². The summed E-state index contributed by atoms with van der Waals surface area (Å²) in [7, 11) is 6.43. The third kappa shape index (κ3) is 4.60. The van der Waals surface area contributed by atoms with Gasteiger partial charge in [-0.05, 0) is 36.4 Å². The Bertz CT molecular complexity index is 957. The molecule has 0 radical (unpaired) electrons. The number of amides is 1. The Morgan fingerprint density at radius 3 is 2.21 bits per heavy atom. The van der Waals surface area contributed by atoms with Crippen LogP contribution in [0.3, 0.4) is 0 Å². The topological polar surface area (TPSA) is 83.8 Å². The monoisotopic (exact) mass is 397 g/mol. The number of nitrogens with one attached hydrogen (secondary N) is 1. The van der Waals surface area contributed by atoms with Gasteiger partial charge in [-0.2, -0.15) is 0 Å². The molecule has 0 atom stereocenters. The van der Waals surface area contributed by atoms with Crippen LogP contribution in [0.2, 0.25) is 0 Å². The van der Waals surface area contributed by atoms with E-state index in [0.717, 1.165) is 5.82 Å². The lowest BCUT2D eigenvalue weighted by atomic mass is 10.1. The van der Waals surface area contributed by atoms with Crippen molar-refractivity contribution in [1.82, 2.24) is 9.55 Å². The molecule has 1 N–H and O–H groups in total. The van der Waals surface area contributed by atoms with Gasteiger partial charge in [-0.25, -0.2) is 4.98 Å². The largest absolute Gasteiger partial charge is 0.493 e. The minimum atomic E-state index is -0.300. The Hall–Kier alpha value is -3.68. The van der Waals surface area contributed by atoms with E-state index in [0.29, 0.717) is 40.9 Å². The number of carbonyl (C=O) groups is 1. The smallest absolute Gasteiger partial charge is 0.255 e. The number of rotatable bonds is 8. The molecule has 0 unspecified atom stereocenters. The molecule has 1 aromatic heterocycles. The summed E-state index contributed by atoms with van der Waals surface area (Å²) in [6.07, 6.45) is 3.58. The molecule has 0 saturated heterocycles. The van der Waals surface area contributed by atoms with Crippen molar-refractivity contribution in [2.75, 3.05) is 26.6 Å². The summed E-state index contributed by atoms with van der Waals surface area (Å²) in [6.45, 7) is 0.362. The predicted molar refractivity (Wildman–Crippen MR) is 108 cm³/mol. The molecule has 152 valence electrons. The van der Waals surface area contributed by atoms with Gasteiger partial charge in [-0.3, -0.25) is 4.79 Å². The summed E-state index contributed by atoms with van der Waals surface area (Å²) in [5.74, 6) is 2.46. The number of hydrogen-bond acceptors (Lipinski definition) is 6. The van der Waals surface area contributed by atoms with Crippen molar-refractivity contribution in [3.05, 3.63) is 60.2 Å². The van der Waals surface area contributed by atoms with Gasteiger partial charge >= 0.3 is 0 Å². The molecule has 0 spiro atoms. The van der Waals surface area contributed by atoms with Crippen LogP contribution in [-0.4, -0.2) is 36.8 Å². The number of nitrogens with zero attached hydrogens (tertiary/aromatic N) is 2. The van der Waals surface area contributed by atoms with E-state index in [1.54, 1.807) is 42.6 Å². The van der Waals surface area contributed by atoms with Gasteiger partial charge in [0.1, 0.15) is 18.2 Å². The summed E-state index contributed by atoms with van der Waals surface area (Å²) in [4.78, 5) is 16.9. The minimum Gasteiger partial charge on any atom is -0.493 e. The van der Waals surface area contributed by atoms with Gasteiger partial charge in [0.15, 0.2) is 11.5 Å². The number of aryl methyl sites for hydroxylation is 1. The van der Waals surface area contributed by atoms with Crippen LogP contribution in [0.25, 0.3) is 0 Å². The highest BCUT2D eigenvalue weighted by Gasteiger charge is 2.17. The number of methoxy groups -OCH3 is 3. The lowest BCUT2D eigenvalue weighted by Gasteiger charge is -2.14. The van der Waals surface area contributed by atoms with E-state index in [4.69, 9.17) is 18.9 Å². The molecule has 0 aliphatic rings. The zero-order chi connectivity index (χ0) is 20.8. The molecule has 2 aromatic carbocycles. The summed E-state index contributed by atoms with van der Waals surface area (Å²) in [5.41, 5.74) is 1.02. The van der Waals surface area contributed by atoms with Crippen molar-refractivity contribution in [3.63, 3.8) is 0 Å². The number of imidazole rings is 1. The van der Waals surface area contributed by atoms with Crippen molar-refractivity contribution < 1.29 is 23.7 Å². The number of aromatic nitrogens is 2. The van der Waals surface area contributed by atoms with Crippen LogP contribution in [-0.2, 0) is 13.7 Å². The van der Waals surface area contributed by atoms with Gasteiger partial charge in [0.25, 0.3) is 5.91 Å². The quantitative estimate of drug-likeness (QED) is 0.628. The van der Waals surface area contributed by atoms with E-state index in [1.807, 2.05) is 17.8 Å². The first-order valence-electron chi connectivity index (χ1n) is 8.86. The number of carbonyl (C=O) groups excluding carboxylic acids is 1. The molecule has 0 aliphatic heterocycles. The van der Waals surface area contributed by atoms with E-state index >= 15 is 0 Å². The second-order valence-corrected chi connectivity index (χ2v) is 6.14. The lowest BCUT2D eigenvalue weighted by Crippen LogP contribution is -2.12. The van der Waals surface area contributed by atoms with Crippen LogP contribution in [0.4, 0.5) is 5.69 Å². The fraction of sp³-hybridized carbons (Fsp3) is 0.238. The van der Waals surface area contributed by atoms with Gasteiger partial charge in [-0.1, -0.05) is 0 Å². The molecule has 0 fully saturated rings. The standard InChI is InChI=1S/C21H23N3O5/c1-24-10-9-22-19(24)13-29-16-7-5-15(6-8-16)23-21(25)14-11-17(26-2)20(28-4)18(12-14)27-3/h5-12H,13H2,1-4H3,(H,23,25). The molecular formula is C21H23N3O5. The lowest BCUT2D eigenvalue weighted by molar-refractivity contribution is 0.102. The van der Waals surface area contributed by atoms with Crippen LogP contribution in [0, 0.1) is 0 Å². The zero-order valence-corrected chi connectivity index (χ0v) is 16.8. The molecule has 29 heavy (non-hydrogen) atoms. The molecule has 8 heteroatoms. The maximum absolute atomic E-state index is 12.6. The second kappa shape index (κ2) is 9.01. The number of ether oxygens (including phenoxy) is 4. The number of benzene rings is 2. The molecule has 0 aliphatic carbocycles. The first-order chi connectivity index (χ1) is 14.0. The fourth-order valence-corrected chi connectivity index (χ4v) is 2.73. The Morgan fingerprint density at radius 2 is 1.69 bits per heavy atom. The van der Waals surface area contributed by atoms with Gasteiger partial charge < -0.3 is 28.8 Å². The zero-order valence-electron chi connectivity index (χ0n) is 16.8. The van der Waals surface area contributed by atoms with Crippen molar-refractivity contribution in [1.29, 1.82) is 0 Å². The van der Waals surface area contributed by atoms with Crippen LogP contribution < -0.4 is 24.3 Å². The maximum Gasteiger partial charge on any atom is 0.255 e. The number of hydrogen-bond donors (Lipinski definition) is 1. The molecule has 1 amide bonds. The molecule has 0 bridgehead atoms. The van der Waals surface area contributed by atoms with Crippen LogP contribution in [0.5, 0.6) is 23.0 Å². The highest BCUT2D eigenvalue weighted by atomic mass is 16.5. The molecule has 3 rings (SSSR count). The van der Waals surface area contributed by atoms with Crippen molar-refractivity contribution in [2.24, 2.45) is 7.05 Å². The minimum absolute atomic E-state index is 0.300. The van der Waals surface area contributed by atoms with E-state index < -0.39 is 0 Å². The first kappa shape index (κ1) is 20.1. The molecule has 3 aromatic rings. The normalized spacial score (nSPS) is 10.3. The summed E-state index contributed by atoms with van der Waals surface area (Å²) in [6, 6.07) is 10.3. The van der Waals surface area contributed by atoms with E-state index in [9.17, 15) is 4.79 Å². The average molecular weight is 397 g/mol. The summed E-state index contributed by atoms with van der Waals surface area (Å²) < 4.78 is 23.5. The second-order valence-electron chi connectivity index (χ2n) is 6.14. The fourth-order valence-electron chi connectivity index (χ4n) is 2.73. The van der Waals surface area contributed by atoms with Crippen molar-refractivity contribution >= 4 is 11.6 Å². The molecule has 8 nitrogen and oxygen atoms in total. The Labute approximate surface area is 169 Å². The van der Waals surface area contributed by atoms with Crippen LogP contribution in [0.1, 0.15) is 16.2 Å². The number of anilines is 1.